The quantitative estimate of drug-likeness (QED) is 0.155. The fourth-order valence-electron chi connectivity index (χ4n) is 2.50. The van der Waals surface area contributed by atoms with Gasteiger partial charge in [-0.1, -0.05) is 25.5 Å². The van der Waals surface area contributed by atoms with Gasteiger partial charge in [0.15, 0.2) is 5.96 Å². The molecule has 0 aliphatic carbocycles. The Morgan fingerprint density at radius 3 is 2.61 bits per heavy atom. The molecular formula is C21H36IN3O3. The summed E-state index contributed by atoms with van der Waals surface area (Å²) in [5.41, 5.74) is 2.30. The van der Waals surface area contributed by atoms with Crippen LogP contribution < -0.4 is 15.4 Å². The van der Waals surface area contributed by atoms with E-state index in [1.165, 1.54) is 12.7 Å². The zero-order valence-electron chi connectivity index (χ0n) is 17.8. The van der Waals surface area contributed by atoms with Crippen molar-refractivity contribution in [2.75, 3.05) is 20.7 Å². The molecule has 28 heavy (non-hydrogen) atoms. The van der Waals surface area contributed by atoms with E-state index in [0.717, 1.165) is 49.5 Å². The van der Waals surface area contributed by atoms with E-state index in [-0.39, 0.29) is 36.0 Å². The molecule has 0 amide bonds. The summed E-state index contributed by atoms with van der Waals surface area (Å²) in [7, 11) is 3.19. The first-order valence-corrected chi connectivity index (χ1v) is 9.77. The molecule has 0 heterocycles. The van der Waals surface area contributed by atoms with E-state index in [2.05, 4.69) is 59.3 Å². The van der Waals surface area contributed by atoms with Gasteiger partial charge < -0.3 is 20.1 Å². The van der Waals surface area contributed by atoms with Crippen LogP contribution in [0.1, 0.15) is 57.1 Å². The SMILES string of the molecule is CCC(C)Oc1cc(C)ccc1CNC(=NC)NCCCCCC(=O)OC.I. The third-order valence-electron chi connectivity index (χ3n) is 4.37. The number of hydrogen-bond acceptors (Lipinski definition) is 4. The standard InChI is InChI=1S/C21H35N3O3.HI/c1-6-17(3)27-19-14-16(2)11-12-18(19)15-24-21(22-4)23-13-9-7-8-10-20(25)26-5;/h11-12,14,17H,6-10,13,15H2,1-5H3,(H2,22,23,24);1H. The van der Waals surface area contributed by atoms with Crippen LogP contribution in [0.4, 0.5) is 0 Å². The van der Waals surface area contributed by atoms with Crippen LogP contribution in [0.25, 0.3) is 0 Å². The summed E-state index contributed by atoms with van der Waals surface area (Å²) in [6.45, 7) is 7.73. The third kappa shape index (κ3) is 10.7. The molecule has 0 saturated carbocycles. The van der Waals surface area contributed by atoms with Crippen molar-refractivity contribution in [3.8, 4) is 5.75 Å². The molecule has 1 unspecified atom stereocenters. The maximum Gasteiger partial charge on any atom is 0.305 e. The van der Waals surface area contributed by atoms with Crippen LogP contribution in [-0.4, -0.2) is 38.7 Å². The maximum atomic E-state index is 11.1. The van der Waals surface area contributed by atoms with Gasteiger partial charge >= 0.3 is 5.97 Å². The van der Waals surface area contributed by atoms with Crippen molar-refractivity contribution in [2.24, 2.45) is 4.99 Å². The first kappa shape index (κ1) is 26.5. The molecule has 6 nitrogen and oxygen atoms in total. The number of nitrogens with zero attached hydrogens (tertiary/aromatic N) is 1. The fraction of sp³-hybridized carbons (Fsp3) is 0.619. The number of methoxy groups -OCH3 is 1. The van der Waals surface area contributed by atoms with E-state index in [1.807, 2.05) is 0 Å². The van der Waals surface area contributed by atoms with Gasteiger partial charge in [0.1, 0.15) is 5.75 Å². The molecule has 2 N–H and O–H groups in total. The first-order valence-electron chi connectivity index (χ1n) is 9.77. The summed E-state index contributed by atoms with van der Waals surface area (Å²) < 4.78 is 10.7. The summed E-state index contributed by atoms with van der Waals surface area (Å²) in [6, 6.07) is 6.28. The van der Waals surface area contributed by atoms with Crippen LogP contribution in [0.2, 0.25) is 0 Å². The fourth-order valence-corrected chi connectivity index (χ4v) is 2.50. The molecule has 1 aromatic rings. The number of hydrogen-bond donors (Lipinski definition) is 2. The van der Waals surface area contributed by atoms with Gasteiger partial charge in [-0.05, 0) is 44.7 Å². The van der Waals surface area contributed by atoms with Gasteiger partial charge in [0.05, 0.1) is 13.2 Å². The Morgan fingerprint density at radius 2 is 1.96 bits per heavy atom. The Kier molecular flexibility index (Phi) is 14.6. The lowest BCUT2D eigenvalue weighted by Crippen LogP contribution is -2.37. The van der Waals surface area contributed by atoms with E-state index >= 15 is 0 Å². The monoisotopic (exact) mass is 505 g/mol. The highest BCUT2D eigenvalue weighted by molar-refractivity contribution is 14.0. The second-order valence-electron chi connectivity index (χ2n) is 6.69. The molecule has 0 bridgehead atoms. The Morgan fingerprint density at radius 1 is 1.21 bits per heavy atom. The van der Waals surface area contributed by atoms with Gasteiger partial charge in [-0.3, -0.25) is 9.79 Å². The zero-order valence-corrected chi connectivity index (χ0v) is 20.2. The number of aliphatic imine (C=N–C) groups is 1. The summed E-state index contributed by atoms with van der Waals surface area (Å²) >= 11 is 0. The lowest BCUT2D eigenvalue weighted by Gasteiger charge is -2.18. The number of carbonyl (C=O) groups is 1. The molecule has 1 aromatic carbocycles. The molecule has 0 fully saturated rings. The molecule has 1 rings (SSSR count). The van der Waals surface area contributed by atoms with Gasteiger partial charge in [-0.15, -0.1) is 24.0 Å². The third-order valence-corrected chi connectivity index (χ3v) is 4.37. The van der Waals surface area contributed by atoms with Gasteiger partial charge in [0.25, 0.3) is 0 Å². The predicted octanol–water partition coefficient (Wildman–Crippen LogP) is 4.19. The average Bonchev–Trinajstić information content (AvgIpc) is 2.67. The molecule has 0 radical (unpaired) electrons. The highest BCUT2D eigenvalue weighted by atomic mass is 127. The smallest absolute Gasteiger partial charge is 0.305 e. The Bertz CT molecular complexity index is 609. The zero-order chi connectivity index (χ0) is 20.1. The Labute approximate surface area is 186 Å². The summed E-state index contributed by atoms with van der Waals surface area (Å²) in [4.78, 5) is 15.3. The number of esters is 1. The van der Waals surface area contributed by atoms with E-state index in [9.17, 15) is 4.79 Å². The van der Waals surface area contributed by atoms with E-state index in [4.69, 9.17) is 4.74 Å². The van der Waals surface area contributed by atoms with Crippen LogP contribution in [-0.2, 0) is 16.1 Å². The van der Waals surface area contributed by atoms with Gasteiger partial charge in [-0.2, -0.15) is 0 Å². The van der Waals surface area contributed by atoms with E-state index in [0.29, 0.717) is 13.0 Å². The number of carbonyl (C=O) groups excluding carboxylic acids is 1. The summed E-state index contributed by atoms with van der Waals surface area (Å²) in [5, 5.41) is 6.65. The van der Waals surface area contributed by atoms with Gasteiger partial charge in [0.2, 0.25) is 0 Å². The lowest BCUT2D eigenvalue weighted by molar-refractivity contribution is -0.140. The van der Waals surface area contributed by atoms with Crippen LogP contribution in [0.15, 0.2) is 23.2 Å². The number of guanidine groups is 1. The van der Waals surface area contributed by atoms with Gasteiger partial charge in [0, 0.05) is 32.1 Å². The molecule has 0 spiro atoms. The molecule has 160 valence electrons. The number of halogens is 1. The van der Waals surface area contributed by atoms with Crippen molar-refractivity contribution < 1.29 is 14.3 Å². The Hall–Kier alpha value is -1.51. The minimum absolute atomic E-state index is 0. The molecule has 0 aromatic heterocycles. The summed E-state index contributed by atoms with van der Waals surface area (Å²) in [5.74, 6) is 1.54. The predicted molar refractivity (Wildman–Crippen MR) is 126 cm³/mol. The molecule has 0 aliphatic heterocycles. The topological polar surface area (TPSA) is 72.0 Å². The second-order valence-corrected chi connectivity index (χ2v) is 6.69. The molecule has 1 atom stereocenters. The average molecular weight is 505 g/mol. The molecular weight excluding hydrogens is 469 g/mol. The minimum Gasteiger partial charge on any atom is -0.490 e. The molecule has 0 saturated heterocycles. The number of ether oxygens (including phenoxy) is 2. The maximum absolute atomic E-state index is 11.1. The summed E-state index contributed by atoms with van der Waals surface area (Å²) in [6.07, 6.45) is 4.44. The van der Waals surface area contributed by atoms with Crippen LogP contribution in [0, 0.1) is 6.92 Å². The lowest BCUT2D eigenvalue weighted by atomic mass is 10.1. The van der Waals surface area contributed by atoms with Crippen molar-refractivity contribution >= 4 is 35.9 Å². The highest BCUT2D eigenvalue weighted by Gasteiger charge is 2.09. The Balaban J connectivity index is 0.00000729. The number of unbranched alkanes of at least 4 members (excludes halogenated alkanes) is 2. The normalized spacial score (nSPS) is 12.0. The van der Waals surface area contributed by atoms with Crippen LogP contribution >= 0.6 is 24.0 Å². The van der Waals surface area contributed by atoms with Crippen molar-refractivity contribution in [1.29, 1.82) is 0 Å². The number of nitrogens with one attached hydrogen (secondary N) is 2. The van der Waals surface area contributed by atoms with Crippen molar-refractivity contribution in [3.63, 3.8) is 0 Å². The molecule has 0 aliphatic rings. The van der Waals surface area contributed by atoms with Crippen molar-refractivity contribution in [2.45, 2.75) is 65.5 Å². The highest BCUT2D eigenvalue weighted by Crippen LogP contribution is 2.22. The first-order chi connectivity index (χ1) is 13.0. The number of benzene rings is 1. The van der Waals surface area contributed by atoms with E-state index in [1.54, 1.807) is 7.05 Å². The van der Waals surface area contributed by atoms with E-state index < -0.39 is 0 Å². The van der Waals surface area contributed by atoms with Crippen LogP contribution in [0.5, 0.6) is 5.75 Å². The number of rotatable bonds is 11. The molecule has 7 heteroatoms. The minimum atomic E-state index is -0.144. The number of aryl methyl sites for hydroxylation is 1. The van der Waals surface area contributed by atoms with Crippen LogP contribution in [0.3, 0.4) is 0 Å². The largest absolute Gasteiger partial charge is 0.490 e. The van der Waals surface area contributed by atoms with Crippen molar-refractivity contribution in [3.05, 3.63) is 29.3 Å². The van der Waals surface area contributed by atoms with Crippen molar-refractivity contribution in [1.82, 2.24) is 10.6 Å². The second kappa shape index (κ2) is 15.4. The van der Waals surface area contributed by atoms with Gasteiger partial charge in [-0.25, -0.2) is 0 Å².